The van der Waals surface area contributed by atoms with Gasteiger partial charge in [-0.25, -0.2) is 8.42 Å². The number of hydrogen-bond donors (Lipinski definition) is 1. The summed E-state index contributed by atoms with van der Waals surface area (Å²) in [4.78, 5) is 12.0. The van der Waals surface area contributed by atoms with Crippen LogP contribution in [-0.2, 0) is 21.2 Å². The molecule has 0 bridgehead atoms. The van der Waals surface area contributed by atoms with E-state index in [-0.39, 0.29) is 19.2 Å². The first-order chi connectivity index (χ1) is 11.5. The van der Waals surface area contributed by atoms with Crippen molar-refractivity contribution in [1.82, 2.24) is 5.32 Å². The summed E-state index contributed by atoms with van der Waals surface area (Å²) in [5.41, 5.74) is 1.59. The second-order valence-electron chi connectivity index (χ2n) is 5.88. The van der Waals surface area contributed by atoms with Crippen LogP contribution in [0.3, 0.4) is 0 Å². The van der Waals surface area contributed by atoms with E-state index >= 15 is 0 Å². The number of benzene rings is 1. The molecule has 25 heavy (non-hydrogen) atoms. The smallest absolute Gasteiger partial charge is 0.370 e. The number of nitrogens with zero attached hydrogens (tertiary/aromatic N) is 1. The number of nitrogens with one attached hydrogen (secondary N) is 1. The molecule has 1 amide bonds. The van der Waals surface area contributed by atoms with Crippen LogP contribution in [-0.4, -0.2) is 52.6 Å². The van der Waals surface area contributed by atoms with E-state index in [0.717, 1.165) is 11.8 Å². The predicted molar refractivity (Wildman–Crippen MR) is 86.1 cm³/mol. The summed E-state index contributed by atoms with van der Waals surface area (Å²) in [7, 11) is -3.41. The number of rotatable bonds is 6. The molecule has 1 aliphatic heterocycles. The summed E-state index contributed by atoms with van der Waals surface area (Å²) >= 11 is 0. The van der Waals surface area contributed by atoms with E-state index in [9.17, 15) is 26.4 Å². The Morgan fingerprint density at radius 2 is 2.08 bits per heavy atom. The van der Waals surface area contributed by atoms with Crippen LogP contribution in [0, 0.1) is 0 Å². The zero-order chi connectivity index (χ0) is 18.8. The molecule has 1 aromatic rings. The van der Waals surface area contributed by atoms with Gasteiger partial charge in [0.1, 0.15) is 6.61 Å². The molecular weight excluding hydrogens is 361 g/mol. The van der Waals surface area contributed by atoms with Crippen LogP contribution in [0.1, 0.15) is 22.8 Å². The molecule has 0 aliphatic carbocycles. The third-order valence-corrected chi connectivity index (χ3v) is 4.92. The van der Waals surface area contributed by atoms with Crippen LogP contribution >= 0.6 is 0 Å². The van der Waals surface area contributed by atoms with E-state index in [2.05, 4.69) is 10.1 Å². The SMILES string of the molecule is CC1Cc2cc(C(=O)NCCOCC(F)(F)F)ccc2N1S(C)(=O)=O. The molecule has 6 nitrogen and oxygen atoms in total. The molecular formula is C15H19F3N2O4S. The van der Waals surface area contributed by atoms with Gasteiger partial charge in [0.2, 0.25) is 10.0 Å². The lowest BCUT2D eigenvalue weighted by molar-refractivity contribution is -0.173. The first-order valence-corrected chi connectivity index (χ1v) is 9.39. The van der Waals surface area contributed by atoms with Gasteiger partial charge in [-0.2, -0.15) is 13.2 Å². The molecule has 0 radical (unpaired) electrons. The monoisotopic (exact) mass is 380 g/mol. The Morgan fingerprint density at radius 1 is 1.40 bits per heavy atom. The molecule has 140 valence electrons. The number of fused-ring (bicyclic) bond motifs is 1. The van der Waals surface area contributed by atoms with Gasteiger partial charge >= 0.3 is 6.18 Å². The molecule has 1 aliphatic rings. The van der Waals surface area contributed by atoms with Gasteiger partial charge in [0.15, 0.2) is 0 Å². The lowest BCUT2D eigenvalue weighted by Crippen LogP contribution is -2.34. The number of hydrogen-bond acceptors (Lipinski definition) is 4. The summed E-state index contributed by atoms with van der Waals surface area (Å²) in [5.74, 6) is -0.455. The normalized spacial score (nSPS) is 17.5. The quantitative estimate of drug-likeness (QED) is 0.763. The van der Waals surface area contributed by atoms with E-state index in [1.165, 1.54) is 10.4 Å². The molecule has 1 atom stereocenters. The molecule has 1 heterocycles. The molecule has 1 unspecified atom stereocenters. The first kappa shape index (κ1) is 19.5. The highest BCUT2D eigenvalue weighted by molar-refractivity contribution is 7.92. The van der Waals surface area contributed by atoms with Crippen molar-refractivity contribution >= 4 is 21.6 Å². The summed E-state index contributed by atoms with van der Waals surface area (Å²) in [6, 6.07) is 4.41. The van der Waals surface area contributed by atoms with Gasteiger partial charge in [0.25, 0.3) is 5.91 Å². The van der Waals surface area contributed by atoms with Gasteiger partial charge < -0.3 is 10.1 Å². The van der Waals surface area contributed by atoms with Crippen molar-refractivity contribution in [2.45, 2.75) is 25.6 Å². The summed E-state index contributed by atoms with van der Waals surface area (Å²) in [5, 5.41) is 2.47. The summed E-state index contributed by atoms with van der Waals surface area (Å²) in [6.07, 6.45) is -2.79. The average molecular weight is 380 g/mol. The number of amides is 1. The van der Waals surface area contributed by atoms with Crippen LogP contribution in [0.4, 0.5) is 18.9 Å². The highest BCUT2D eigenvalue weighted by Crippen LogP contribution is 2.34. The van der Waals surface area contributed by atoms with Crippen molar-refractivity contribution < 1.29 is 31.1 Å². The van der Waals surface area contributed by atoms with Gasteiger partial charge in [-0.3, -0.25) is 9.10 Å². The fraction of sp³-hybridized carbons (Fsp3) is 0.533. The number of sulfonamides is 1. The Hall–Kier alpha value is -1.81. The Balaban J connectivity index is 1.96. The zero-order valence-electron chi connectivity index (χ0n) is 13.8. The lowest BCUT2D eigenvalue weighted by atomic mass is 10.1. The lowest BCUT2D eigenvalue weighted by Gasteiger charge is -2.21. The Labute approximate surface area is 144 Å². The average Bonchev–Trinajstić information content (AvgIpc) is 2.80. The Bertz CT molecular complexity index is 750. The number of carbonyl (C=O) groups excluding carboxylic acids is 1. The second-order valence-corrected chi connectivity index (χ2v) is 7.74. The van der Waals surface area contributed by atoms with Crippen molar-refractivity contribution in [2.24, 2.45) is 0 Å². The van der Waals surface area contributed by atoms with Crippen molar-refractivity contribution in [2.75, 3.05) is 30.3 Å². The van der Waals surface area contributed by atoms with Crippen LogP contribution in [0.5, 0.6) is 0 Å². The molecule has 0 spiro atoms. The summed E-state index contributed by atoms with van der Waals surface area (Å²) < 4.78 is 65.2. The number of anilines is 1. The number of halogens is 3. The molecule has 10 heteroatoms. The van der Waals surface area contributed by atoms with Crippen molar-refractivity contribution in [3.63, 3.8) is 0 Å². The van der Waals surface area contributed by atoms with E-state index in [0.29, 0.717) is 17.7 Å². The molecule has 0 saturated heterocycles. The number of alkyl halides is 3. The Kier molecular flexibility index (Phi) is 5.62. The first-order valence-electron chi connectivity index (χ1n) is 7.54. The van der Waals surface area contributed by atoms with Gasteiger partial charge in [-0.1, -0.05) is 0 Å². The molecule has 0 saturated carbocycles. The van der Waals surface area contributed by atoms with Gasteiger partial charge in [-0.15, -0.1) is 0 Å². The highest BCUT2D eigenvalue weighted by Gasteiger charge is 2.32. The standard InChI is InChI=1S/C15H19F3N2O4S/c1-10-7-12-8-11(3-4-13(12)20(10)25(2,22)23)14(21)19-5-6-24-9-15(16,17)18/h3-4,8,10H,5-7,9H2,1-2H3,(H,19,21). The largest absolute Gasteiger partial charge is 0.411 e. The Morgan fingerprint density at radius 3 is 2.68 bits per heavy atom. The van der Waals surface area contributed by atoms with E-state index in [1.807, 2.05) is 0 Å². The fourth-order valence-corrected chi connectivity index (χ4v) is 4.04. The van der Waals surface area contributed by atoms with Crippen LogP contribution in [0.15, 0.2) is 18.2 Å². The number of carbonyl (C=O) groups is 1. The fourth-order valence-electron chi connectivity index (χ4n) is 2.78. The maximum absolute atomic E-state index is 12.0. The minimum Gasteiger partial charge on any atom is -0.370 e. The predicted octanol–water partition coefficient (Wildman–Crippen LogP) is 1.71. The minimum absolute atomic E-state index is 0.0577. The van der Waals surface area contributed by atoms with E-state index in [4.69, 9.17) is 0 Å². The van der Waals surface area contributed by atoms with Crippen LogP contribution in [0.25, 0.3) is 0 Å². The maximum atomic E-state index is 12.0. The van der Waals surface area contributed by atoms with Crippen LogP contribution < -0.4 is 9.62 Å². The van der Waals surface area contributed by atoms with Gasteiger partial charge in [-0.05, 0) is 37.1 Å². The highest BCUT2D eigenvalue weighted by atomic mass is 32.2. The third-order valence-electron chi connectivity index (χ3n) is 3.65. The van der Waals surface area contributed by atoms with Crippen molar-refractivity contribution in [3.8, 4) is 0 Å². The van der Waals surface area contributed by atoms with Crippen molar-refractivity contribution in [3.05, 3.63) is 29.3 Å². The molecule has 0 fully saturated rings. The zero-order valence-corrected chi connectivity index (χ0v) is 14.6. The molecule has 1 aromatic carbocycles. The van der Waals surface area contributed by atoms with E-state index < -0.39 is 28.7 Å². The minimum atomic E-state index is -4.40. The number of ether oxygens (including phenoxy) is 1. The van der Waals surface area contributed by atoms with Gasteiger partial charge in [0.05, 0.1) is 18.6 Å². The van der Waals surface area contributed by atoms with E-state index in [1.54, 1.807) is 19.1 Å². The second kappa shape index (κ2) is 7.20. The van der Waals surface area contributed by atoms with Crippen LogP contribution in [0.2, 0.25) is 0 Å². The third kappa shape index (κ3) is 5.08. The topological polar surface area (TPSA) is 75.7 Å². The molecule has 1 N–H and O–H groups in total. The van der Waals surface area contributed by atoms with Gasteiger partial charge in [0, 0.05) is 18.2 Å². The molecule has 2 rings (SSSR count). The van der Waals surface area contributed by atoms with Crippen molar-refractivity contribution in [1.29, 1.82) is 0 Å². The molecule has 0 aromatic heterocycles. The summed E-state index contributed by atoms with van der Waals surface area (Å²) in [6.45, 7) is 0.104. The maximum Gasteiger partial charge on any atom is 0.411 e.